The van der Waals surface area contributed by atoms with Crippen molar-refractivity contribution in [1.82, 2.24) is 0 Å². The number of halogens is 2. The quantitative estimate of drug-likeness (QED) is 0.414. The molecule has 108 valence electrons. The van der Waals surface area contributed by atoms with Crippen LogP contribution in [0, 0.1) is 11.6 Å². The van der Waals surface area contributed by atoms with Crippen molar-refractivity contribution in [2.45, 2.75) is 24.5 Å². The molecule has 0 saturated carbocycles. The van der Waals surface area contributed by atoms with Crippen molar-refractivity contribution >= 4 is 22.7 Å². The van der Waals surface area contributed by atoms with Crippen LogP contribution in [-0.4, -0.2) is 0 Å². The molecule has 4 heteroatoms. The van der Waals surface area contributed by atoms with Gasteiger partial charge in [-0.2, -0.15) is 0 Å². The fraction of sp³-hybridized carbons (Fsp3) is 0. The normalized spacial score (nSPS) is 13.5. The Bertz CT molecular complexity index is 816. The lowest BCUT2D eigenvalue weighted by Crippen LogP contribution is -2.12. The number of rotatable bonds is 1. The predicted molar refractivity (Wildman–Crippen MR) is 85.5 cm³/mol. The van der Waals surface area contributed by atoms with E-state index in [1.165, 1.54) is 6.07 Å². The molecule has 0 N–H and O–H groups in total. The van der Waals surface area contributed by atoms with Crippen molar-refractivity contribution in [2.24, 2.45) is 0 Å². The summed E-state index contributed by atoms with van der Waals surface area (Å²) in [6, 6.07) is 19.9. The third-order valence-corrected chi connectivity index (χ3v) is 7.24. The van der Waals surface area contributed by atoms with Crippen LogP contribution in [0.4, 0.5) is 8.78 Å². The molecular weight excluding hydrogens is 318 g/mol. The zero-order chi connectivity index (χ0) is 15.1. The lowest BCUT2D eigenvalue weighted by atomic mass is 10.3. The van der Waals surface area contributed by atoms with Crippen molar-refractivity contribution in [3.8, 4) is 0 Å². The van der Waals surface area contributed by atoms with Gasteiger partial charge in [-0.1, -0.05) is 36.0 Å². The number of benzene rings is 3. The molecule has 0 aliphatic carbocycles. The second-order valence-corrected chi connectivity index (χ2v) is 7.89. The maximum absolute atomic E-state index is 14.4. The lowest BCUT2D eigenvalue weighted by molar-refractivity contribution is 0.564. The highest BCUT2D eigenvalue weighted by Crippen LogP contribution is 2.48. The molecule has 0 fully saturated rings. The fourth-order valence-electron chi connectivity index (χ4n) is 2.52. The van der Waals surface area contributed by atoms with Gasteiger partial charge >= 0.3 is 0 Å². The van der Waals surface area contributed by atoms with Crippen LogP contribution in [-0.2, 0) is 10.9 Å². The van der Waals surface area contributed by atoms with Crippen molar-refractivity contribution in [2.75, 3.05) is 0 Å². The Hall–Kier alpha value is -1.78. The molecule has 4 rings (SSSR count). The molecule has 0 bridgehead atoms. The second kappa shape index (κ2) is 5.45. The first-order valence-electron chi connectivity index (χ1n) is 6.79. The van der Waals surface area contributed by atoms with Crippen molar-refractivity contribution in [3.63, 3.8) is 0 Å². The highest BCUT2D eigenvalue weighted by molar-refractivity contribution is 8.04. The summed E-state index contributed by atoms with van der Waals surface area (Å²) >= 11 is 1.70. The Kier molecular flexibility index (Phi) is 3.43. The first-order chi connectivity index (χ1) is 10.7. The molecule has 3 aromatic rings. The van der Waals surface area contributed by atoms with E-state index in [0.29, 0.717) is 4.90 Å². The van der Waals surface area contributed by atoms with E-state index in [9.17, 15) is 8.78 Å². The zero-order valence-corrected chi connectivity index (χ0v) is 13.1. The fourth-order valence-corrected chi connectivity index (χ4v) is 6.27. The molecule has 0 radical (unpaired) electrons. The number of hydrogen-bond acceptors (Lipinski definition) is 1. The minimum absolute atomic E-state index is 0.486. The van der Waals surface area contributed by atoms with E-state index in [2.05, 4.69) is 12.1 Å². The van der Waals surface area contributed by atoms with Crippen LogP contribution >= 0.6 is 11.8 Å². The number of fused-ring (bicyclic) bond motifs is 2. The Morgan fingerprint density at radius 3 is 1.86 bits per heavy atom. The molecule has 3 aromatic carbocycles. The van der Waals surface area contributed by atoms with E-state index in [1.54, 1.807) is 17.8 Å². The van der Waals surface area contributed by atoms with Gasteiger partial charge < -0.3 is 0 Å². The lowest BCUT2D eigenvalue weighted by Gasteiger charge is -2.18. The predicted octanol–water partition coefficient (Wildman–Crippen LogP) is 5.52. The van der Waals surface area contributed by atoms with E-state index in [0.717, 1.165) is 25.6 Å². The Balaban J connectivity index is 1.98. The Labute approximate surface area is 134 Å². The number of hydrogen-bond donors (Lipinski definition) is 0. The summed E-state index contributed by atoms with van der Waals surface area (Å²) in [5, 5.41) is 0. The second-order valence-electron chi connectivity index (χ2n) is 4.88. The van der Waals surface area contributed by atoms with E-state index in [1.807, 2.05) is 36.4 Å². The van der Waals surface area contributed by atoms with E-state index in [-0.39, 0.29) is 0 Å². The third kappa shape index (κ3) is 2.23. The van der Waals surface area contributed by atoms with Crippen LogP contribution in [0.3, 0.4) is 0 Å². The molecule has 1 aliphatic rings. The highest BCUT2D eigenvalue weighted by Gasteiger charge is 2.39. The first-order valence-corrected chi connectivity index (χ1v) is 8.83. The van der Waals surface area contributed by atoms with Crippen molar-refractivity contribution in [3.05, 3.63) is 78.4 Å². The first kappa shape index (κ1) is 13.9. The summed E-state index contributed by atoms with van der Waals surface area (Å²) in [5.41, 5.74) is 0. The third-order valence-electron chi connectivity index (χ3n) is 3.47. The average Bonchev–Trinajstić information content (AvgIpc) is 2.53. The maximum Gasteiger partial charge on any atom is 0.202 e. The molecule has 0 saturated heterocycles. The van der Waals surface area contributed by atoms with Crippen LogP contribution in [0.15, 0.2) is 91.2 Å². The minimum Gasteiger partial charge on any atom is -0.207 e. The average molecular weight is 329 g/mol. The van der Waals surface area contributed by atoms with Gasteiger partial charge in [-0.15, -0.1) is 0 Å². The summed E-state index contributed by atoms with van der Waals surface area (Å²) < 4.78 is 27.6. The van der Waals surface area contributed by atoms with Crippen LogP contribution in [0.1, 0.15) is 0 Å². The SMILES string of the molecule is Fc1ccc([S+]2c3ccccc3Sc3ccccc32)c(F)c1. The summed E-state index contributed by atoms with van der Waals surface area (Å²) in [5.74, 6) is -1.03. The van der Waals surface area contributed by atoms with Crippen LogP contribution < -0.4 is 0 Å². The molecule has 1 heterocycles. The van der Waals surface area contributed by atoms with Crippen molar-refractivity contribution < 1.29 is 8.78 Å². The van der Waals surface area contributed by atoms with Crippen molar-refractivity contribution in [1.29, 1.82) is 0 Å². The topological polar surface area (TPSA) is 0 Å². The van der Waals surface area contributed by atoms with Crippen LogP contribution in [0.25, 0.3) is 0 Å². The zero-order valence-electron chi connectivity index (χ0n) is 11.4. The van der Waals surface area contributed by atoms with E-state index < -0.39 is 22.5 Å². The van der Waals surface area contributed by atoms with E-state index in [4.69, 9.17) is 0 Å². The molecule has 0 atom stereocenters. The smallest absolute Gasteiger partial charge is 0.202 e. The molecule has 1 aliphatic heterocycles. The molecule has 0 amide bonds. The molecule has 22 heavy (non-hydrogen) atoms. The van der Waals surface area contributed by atoms with Gasteiger partial charge in [0.05, 0.1) is 9.79 Å². The van der Waals surface area contributed by atoms with Gasteiger partial charge in [0.25, 0.3) is 0 Å². The van der Waals surface area contributed by atoms with Gasteiger partial charge in [0.2, 0.25) is 4.90 Å². The largest absolute Gasteiger partial charge is 0.207 e. The molecule has 0 aromatic heterocycles. The summed E-state index contributed by atoms with van der Waals surface area (Å²) in [6.45, 7) is 0. The molecule has 0 unspecified atom stereocenters. The Morgan fingerprint density at radius 1 is 0.682 bits per heavy atom. The van der Waals surface area contributed by atoms with Gasteiger partial charge in [0.1, 0.15) is 16.7 Å². The molecular formula is C18H11F2S2+. The van der Waals surface area contributed by atoms with E-state index >= 15 is 0 Å². The van der Waals surface area contributed by atoms with Crippen LogP contribution in [0.2, 0.25) is 0 Å². The standard InChI is InChI=1S/C18H11F2S2/c19-12-9-10-16(13(20)11-12)22-17-7-3-1-5-14(17)21-15-6-2-4-8-18(15)22/h1-11H/q+1. The van der Waals surface area contributed by atoms with Crippen LogP contribution in [0.5, 0.6) is 0 Å². The van der Waals surface area contributed by atoms with Gasteiger partial charge in [0.15, 0.2) is 15.6 Å². The summed E-state index contributed by atoms with van der Waals surface area (Å²) in [4.78, 5) is 5.00. The van der Waals surface area contributed by atoms with Gasteiger partial charge in [-0.05, 0) is 30.3 Å². The van der Waals surface area contributed by atoms with Gasteiger partial charge in [-0.25, -0.2) is 8.78 Å². The summed E-state index contributed by atoms with van der Waals surface area (Å²) in [6.07, 6.45) is 0. The molecule has 0 spiro atoms. The molecule has 0 nitrogen and oxygen atoms in total. The minimum atomic E-state index is -0.544. The Morgan fingerprint density at radius 2 is 1.27 bits per heavy atom. The highest BCUT2D eigenvalue weighted by atomic mass is 32.2. The van der Waals surface area contributed by atoms with Gasteiger partial charge in [0, 0.05) is 12.1 Å². The van der Waals surface area contributed by atoms with Gasteiger partial charge in [-0.3, -0.25) is 0 Å². The monoisotopic (exact) mass is 329 g/mol. The summed E-state index contributed by atoms with van der Waals surface area (Å²) in [7, 11) is -0.540. The maximum atomic E-state index is 14.4.